The molecule has 2 aliphatic rings. The lowest BCUT2D eigenvalue weighted by Gasteiger charge is -2.46. The summed E-state index contributed by atoms with van der Waals surface area (Å²) in [6.07, 6.45) is 4.57. The zero-order valence-corrected chi connectivity index (χ0v) is 9.05. The Labute approximate surface area is 86.2 Å². The van der Waals surface area contributed by atoms with Crippen molar-refractivity contribution in [2.75, 3.05) is 26.4 Å². The molecule has 0 saturated carbocycles. The highest BCUT2D eigenvalue weighted by molar-refractivity contribution is 4.97. The maximum atomic E-state index is 6.03. The molecule has 2 aliphatic heterocycles. The first-order valence-electron chi connectivity index (χ1n) is 5.82. The van der Waals surface area contributed by atoms with Gasteiger partial charge in [0.15, 0.2) is 0 Å². The monoisotopic (exact) mass is 199 g/mol. The van der Waals surface area contributed by atoms with Crippen molar-refractivity contribution in [1.29, 1.82) is 0 Å². The molecule has 0 aromatic heterocycles. The van der Waals surface area contributed by atoms with Gasteiger partial charge in [0, 0.05) is 38.6 Å². The molecule has 0 aromatic rings. The second-order valence-electron chi connectivity index (χ2n) is 4.32. The van der Waals surface area contributed by atoms with Gasteiger partial charge in [0.2, 0.25) is 0 Å². The van der Waals surface area contributed by atoms with Gasteiger partial charge in [-0.25, -0.2) is 0 Å². The van der Waals surface area contributed by atoms with Crippen LogP contribution in [0.5, 0.6) is 0 Å². The van der Waals surface area contributed by atoms with Crippen LogP contribution in [0.2, 0.25) is 0 Å². The Balaban J connectivity index is 2.02. The number of hydrogen-bond donors (Lipinski definition) is 1. The summed E-state index contributed by atoms with van der Waals surface area (Å²) < 4.78 is 11.4. The minimum atomic E-state index is 0.0898. The van der Waals surface area contributed by atoms with Crippen LogP contribution in [0.4, 0.5) is 0 Å². The molecule has 1 unspecified atom stereocenters. The molecule has 1 N–H and O–H groups in total. The van der Waals surface area contributed by atoms with Crippen LogP contribution in [0.25, 0.3) is 0 Å². The van der Waals surface area contributed by atoms with Crippen molar-refractivity contribution in [1.82, 2.24) is 5.32 Å². The first kappa shape index (κ1) is 10.4. The van der Waals surface area contributed by atoms with E-state index in [4.69, 9.17) is 9.47 Å². The van der Waals surface area contributed by atoms with Crippen LogP contribution in [0.3, 0.4) is 0 Å². The normalized spacial score (nSPS) is 31.9. The highest BCUT2D eigenvalue weighted by atomic mass is 16.5. The minimum absolute atomic E-state index is 0.0898. The summed E-state index contributed by atoms with van der Waals surface area (Å²) in [4.78, 5) is 0. The zero-order valence-electron chi connectivity index (χ0n) is 9.05. The molecule has 2 fully saturated rings. The summed E-state index contributed by atoms with van der Waals surface area (Å²) >= 11 is 0. The number of nitrogens with one attached hydrogen (secondary N) is 1. The highest BCUT2D eigenvalue weighted by Gasteiger charge is 2.42. The summed E-state index contributed by atoms with van der Waals surface area (Å²) in [5, 5.41) is 3.60. The SMILES string of the molecule is CCCC1NCCOC12CCOCC2. The quantitative estimate of drug-likeness (QED) is 0.727. The van der Waals surface area contributed by atoms with Crippen LogP contribution in [0, 0.1) is 0 Å². The van der Waals surface area contributed by atoms with Gasteiger partial charge in [-0.1, -0.05) is 13.3 Å². The van der Waals surface area contributed by atoms with E-state index in [2.05, 4.69) is 12.2 Å². The molecular formula is C11H21NO2. The fraction of sp³-hybridized carbons (Fsp3) is 1.00. The predicted octanol–water partition coefficient (Wildman–Crippen LogP) is 1.32. The zero-order chi connectivity index (χ0) is 9.86. The van der Waals surface area contributed by atoms with E-state index in [-0.39, 0.29) is 5.60 Å². The summed E-state index contributed by atoms with van der Waals surface area (Å²) in [6, 6.07) is 0.546. The highest BCUT2D eigenvalue weighted by Crippen LogP contribution is 2.32. The van der Waals surface area contributed by atoms with Crippen LogP contribution in [-0.2, 0) is 9.47 Å². The third-order valence-corrected chi connectivity index (χ3v) is 3.43. The first-order valence-corrected chi connectivity index (χ1v) is 5.82. The van der Waals surface area contributed by atoms with Gasteiger partial charge in [0.1, 0.15) is 0 Å². The van der Waals surface area contributed by atoms with E-state index < -0.39 is 0 Å². The molecule has 2 saturated heterocycles. The Bertz CT molecular complexity index is 168. The van der Waals surface area contributed by atoms with Gasteiger partial charge in [-0.15, -0.1) is 0 Å². The van der Waals surface area contributed by atoms with Crippen LogP contribution >= 0.6 is 0 Å². The van der Waals surface area contributed by atoms with Gasteiger partial charge >= 0.3 is 0 Å². The Kier molecular flexibility index (Phi) is 3.42. The number of rotatable bonds is 2. The number of hydrogen-bond acceptors (Lipinski definition) is 3. The van der Waals surface area contributed by atoms with E-state index in [1.165, 1.54) is 12.8 Å². The van der Waals surface area contributed by atoms with E-state index in [9.17, 15) is 0 Å². The van der Waals surface area contributed by atoms with E-state index >= 15 is 0 Å². The van der Waals surface area contributed by atoms with Crippen molar-refractivity contribution >= 4 is 0 Å². The fourth-order valence-electron chi connectivity index (χ4n) is 2.64. The topological polar surface area (TPSA) is 30.5 Å². The van der Waals surface area contributed by atoms with Gasteiger partial charge in [-0.05, 0) is 6.42 Å². The van der Waals surface area contributed by atoms with Gasteiger partial charge in [-0.3, -0.25) is 0 Å². The standard InChI is InChI=1S/C11H21NO2/c1-2-3-10-11(14-9-6-12-10)4-7-13-8-5-11/h10,12H,2-9H2,1H3. The molecule has 14 heavy (non-hydrogen) atoms. The fourth-order valence-corrected chi connectivity index (χ4v) is 2.64. The lowest BCUT2D eigenvalue weighted by Crippen LogP contribution is -2.60. The molecule has 2 rings (SSSR count). The van der Waals surface area contributed by atoms with Crippen LogP contribution in [0.15, 0.2) is 0 Å². The molecule has 82 valence electrons. The van der Waals surface area contributed by atoms with Gasteiger partial charge in [-0.2, -0.15) is 0 Å². The average molecular weight is 199 g/mol. The summed E-state index contributed by atoms with van der Waals surface area (Å²) in [5.41, 5.74) is 0.0898. The summed E-state index contributed by atoms with van der Waals surface area (Å²) in [6.45, 7) is 5.83. The Hall–Kier alpha value is -0.120. The second-order valence-corrected chi connectivity index (χ2v) is 4.32. The third-order valence-electron chi connectivity index (χ3n) is 3.43. The van der Waals surface area contributed by atoms with Crippen molar-refractivity contribution in [3.8, 4) is 0 Å². The molecule has 1 atom stereocenters. The van der Waals surface area contributed by atoms with Crippen LogP contribution in [-0.4, -0.2) is 38.0 Å². The predicted molar refractivity (Wildman–Crippen MR) is 55.4 cm³/mol. The van der Waals surface area contributed by atoms with E-state index in [1.54, 1.807) is 0 Å². The smallest absolute Gasteiger partial charge is 0.0879 e. The van der Waals surface area contributed by atoms with Gasteiger partial charge < -0.3 is 14.8 Å². The Morgan fingerprint density at radius 1 is 1.29 bits per heavy atom. The molecular weight excluding hydrogens is 178 g/mol. The van der Waals surface area contributed by atoms with E-state index in [0.29, 0.717) is 6.04 Å². The molecule has 3 heteroatoms. The molecule has 0 radical (unpaired) electrons. The van der Waals surface area contributed by atoms with Gasteiger partial charge in [0.05, 0.1) is 12.2 Å². The molecule has 0 bridgehead atoms. The van der Waals surface area contributed by atoms with Crippen LogP contribution < -0.4 is 5.32 Å². The third kappa shape index (κ3) is 1.95. The van der Waals surface area contributed by atoms with Crippen molar-refractivity contribution in [2.24, 2.45) is 0 Å². The number of ether oxygens (including phenoxy) is 2. The molecule has 1 spiro atoms. The maximum Gasteiger partial charge on any atom is 0.0879 e. The van der Waals surface area contributed by atoms with Crippen molar-refractivity contribution in [3.05, 3.63) is 0 Å². The minimum Gasteiger partial charge on any atom is -0.381 e. The molecule has 0 aliphatic carbocycles. The lowest BCUT2D eigenvalue weighted by molar-refractivity contribution is -0.149. The van der Waals surface area contributed by atoms with Gasteiger partial charge in [0.25, 0.3) is 0 Å². The molecule has 0 aromatic carbocycles. The molecule has 2 heterocycles. The largest absolute Gasteiger partial charge is 0.381 e. The first-order chi connectivity index (χ1) is 6.87. The van der Waals surface area contributed by atoms with Crippen molar-refractivity contribution in [2.45, 2.75) is 44.2 Å². The lowest BCUT2D eigenvalue weighted by atomic mass is 9.82. The maximum absolute atomic E-state index is 6.03. The summed E-state index contributed by atoms with van der Waals surface area (Å²) in [5.74, 6) is 0. The molecule has 0 amide bonds. The van der Waals surface area contributed by atoms with Crippen molar-refractivity contribution < 1.29 is 9.47 Å². The van der Waals surface area contributed by atoms with E-state index in [1.807, 2.05) is 0 Å². The summed E-state index contributed by atoms with van der Waals surface area (Å²) in [7, 11) is 0. The van der Waals surface area contributed by atoms with Crippen molar-refractivity contribution in [3.63, 3.8) is 0 Å². The Morgan fingerprint density at radius 3 is 2.79 bits per heavy atom. The van der Waals surface area contributed by atoms with Crippen LogP contribution in [0.1, 0.15) is 32.6 Å². The molecule has 3 nitrogen and oxygen atoms in total. The second kappa shape index (κ2) is 4.60. The Morgan fingerprint density at radius 2 is 2.07 bits per heavy atom. The van der Waals surface area contributed by atoms with E-state index in [0.717, 1.165) is 39.2 Å². The average Bonchev–Trinajstić information content (AvgIpc) is 2.23. The number of morpholine rings is 1.